The second-order valence-electron chi connectivity index (χ2n) is 8.21. The number of hydrogen-bond acceptors (Lipinski definition) is 4. The molecule has 1 saturated heterocycles. The Bertz CT molecular complexity index is 764. The van der Waals surface area contributed by atoms with Crippen LogP contribution in [0.15, 0.2) is 42.6 Å². The molecule has 2 aromatic rings. The molecule has 2 N–H and O–H groups in total. The Balaban J connectivity index is 1.58. The van der Waals surface area contributed by atoms with Gasteiger partial charge in [0.05, 0.1) is 0 Å². The third-order valence-corrected chi connectivity index (χ3v) is 5.30. The third kappa shape index (κ3) is 5.72. The minimum absolute atomic E-state index is 0.126. The number of carbonyl (C=O) groups is 1. The van der Waals surface area contributed by atoms with Gasteiger partial charge in [-0.1, -0.05) is 20.8 Å². The van der Waals surface area contributed by atoms with Gasteiger partial charge in [-0.3, -0.25) is 9.78 Å². The Labute approximate surface area is 168 Å². The zero-order chi connectivity index (χ0) is 19.9. The number of anilines is 3. The van der Waals surface area contributed by atoms with Crippen LogP contribution in [0, 0.1) is 11.8 Å². The Morgan fingerprint density at radius 1 is 1.14 bits per heavy atom. The van der Waals surface area contributed by atoms with Crippen molar-refractivity contribution < 1.29 is 4.79 Å². The van der Waals surface area contributed by atoms with E-state index in [1.807, 2.05) is 6.07 Å². The van der Waals surface area contributed by atoms with Crippen molar-refractivity contribution in [2.24, 2.45) is 11.8 Å². The van der Waals surface area contributed by atoms with Crippen LogP contribution in [0.25, 0.3) is 0 Å². The van der Waals surface area contributed by atoms with Crippen LogP contribution in [0.4, 0.5) is 17.1 Å². The highest BCUT2D eigenvalue weighted by molar-refractivity contribution is 5.93. The molecular weight excluding hydrogens is 348 g/mol. The third-order valence-electron chi connectivity index (χ3n) is 5.30. The minimum atomic E-state index is -0.126. The molecule has 1 aromatic heterocycles. The summed E-state index contributed by atoms with van der Waals surface area (Å²) in [6, 6.07) is 12.2. The van der Waals surface area contributed by atoms with Crippen molar-refractivity contribution in [3.8, 4) is 0 Å². The standard InChI is InChI=1S/C23H32N4O/c1-17(2)8-12-25-23(28)22-16-20(9-13-24-22)26-19-4-6-21(7-5-19)27-14-10-18(3)11-15-27/h4-7,9,13,16-18H,8,10-12,14-15H2,1-3H3,(H,24,26)(H,25,28). The molecule has 2 heterocycles. The van der Waals surface area contributed by atoms with Gasteiger partial charge in [0.25, 0.3) is 5.91 Å². The number of carbonyl (C=O) groups excluding carboxylic acids is 1. The lowest BCUT2D eigenvalue weighted by atomic mass is 9.99. The molecule has 0 spiro atoms. The average Bonchev–Trinajstić information content (AvgIpc) is 2.69. The van der Waals surface area contributed by atoms with Gasteiger partial charge in [-0.25, -0.2) is 0 Å². The van der Waals surface area contributed by atoms with Crippen molar-refractivity contribution in [1.82, 2.24) is 10.3 Å². The molecule has 28 heavy (non-hydrogen) atoms. The van der Waals surface area contributed by atoms with Gasteiger partial charge in [-0.2, -0.15) is 0 Å². The zero-order valence-electron chi connectivity index (χ0n) is 17.2. The number of hydrogen-bond donors (Lipinski definition) is 2. The van der Waals surface area contributed by atoms with Crippen LogP contribution in [-0.4, -0.2) is 30.5 Å². The highest BCUT2D eigenvalue weighted by atomic mass is 16.1. The lowest BCUT2D eigenvalue weighted by Gasteiger charge is -2.32. The van der Waals surface area contributed by atoms with Crippen molar-refractivity contribution in [3.63, 3.8) is 0 Å². The largest absolute Gasteiger partial charge is 0.372 e. The number of nitrogens with zero attached hydrogens (tertiary/aromatic N) is 2. The molecule has 0 bridgehead atoms. The first-order valence-corrected chi connectivity index (χ1v) is 10.4. The summed E-state index contributed by atoms with van der Waals surface area (Å²) in [5, 5.41) is 6.31. The predicted molar refractivity (Wildman–Crippen MR) is 116 cm³/mol. The van der Waals surface area contributed by atoms with E-state index >= 15 is 0 Å². The highest BCUT2D eigenvalue weighted by Crippen LogP contribution is 2.25. The number of nitrogens with one attached hydrogen (secondary N) is 2. The van der Waals surface area contributed by atoms with Crippen LogP contribution in [0.3, 0.4) is 0 Å². The summed E-state index contributed by atoms with van der Waals surface area (Å²) in [4.78, 5) is 18.9. The molecular formula is C23H32N4O. The Morgan fingerprint density at radius 2 is 1.86 bits per heavy atom. The fourth-order valence-electron chi connectivity index (χ4n) is 3.39. The van der Waals surface area contributed by atoms with Crippen molar-refractivity contribution in [3.05, 3.63) is 48.3 Å². The lowest BCUT2D eigenvalue weighted by Crippen LogP contribution is -2.32. The average molecular weight is 381 g/mol. The van der Waals surface area contributed by atoms with E-state index in [1.54, 1.807) is 12.3 Å². The molecule has 1 aliphatic rings. The van der Waals surface area contributed by atoms with E-state index in [-0.39, 0.29) is 5.91 Å². The van der Waals surface area contributed by atoms with Gasteiger partial charge in [0.2, 0.25) is 0 Å². The van der Waals surface area contributed by atoms with Crippen LogP contribution >= 0.6 is 0 Å². The molecule has 1 fully saturated rings. The fourth-order valence-corrected chi connectivity index (χ4v) is 3.39. The lowest BCUT2D eigenvalue weighted by molar-refractivity contribution is 0.0947. The molecule has 5 heteroatoms. The van der Waals surface area contributed by atoms with Gasteiger partial charge in [0.1, 0.15) is 5.69 Å². The maximum Gasteiger partial charge on any atom is 0.269 e. The van der Waals surface area contributed by atoms with Gasteiger partial charge in [0.15, 0.2) is 0 Å². The summed E-state index contributed by atoms with van der Waals surface area (Å²) in [6.07, 6.45) is 5.16. The van der Waals surface area contributed by atoms with Gasteiger partial charge in [-0.05, 0) is 67.5 Å². The number of piperidine rings is 1. The molecule has 150 valence electrons. The Kier molecular flexibility index (Phi) is 6.90. The number of benzene rings is 1. The van der Waals surface area contributed by atoms with Crippen LogP contribution in [0.1, 0.15) is 50.5 Å². The van der Waals surface area contributed by atoms with Crippen molar-refractivity contribution >= 4 is 23.0 Å². The molecule has 1 aromatic carbocycles. The van der Waals surface area contributed by atoms with E-state index < -0.39 is 0 Å². The van der Waals surface area contributed by atoms with E-state index in [9.17, 15) is 4.79 Å². The monoisotopic (exact) mass is 380 g/mol. The van der Waals surface area contributed by atoms with Crippen LogP contribution in [-0.2, 0) is 0 Å². The van der Waals surface area contributed by atoms with Gasteiger partial charge >= 0.3 is 0 Å². The number of aromatic nitrogens is 1. The molecule has 0 saturated carbocycles. The maximum absolute atomic E-state index is 12.3. The second-order valence-corrected chi connectivity index (χ2v) is 8.21. The summed E-state index contributed by atoms with van der Waals surface area (Å²) in [7, 11) is 0. The van der Waals surface area contributed by atoms with E-state index in [0.29, 0.717) is 18.2 Å². The first-order valence-electron chi connectivity index (χ1n) is 10.4. The second kappa shape index (κ2) is 9.58. The van der Waals surface area contributed by atoms with Crippen molar-refractivity contribution in [2.45, 2.75) is 40.0 Å². The van der Waals surface area contributed by atoms with Gasteiger partial charge in [0, 0.05) is 42.9 Å². The van der Waals surface area contributed by atoms with Gasteiger partial charge < -0.3 is 15.5 Å². The van der Waals surface area contributed by atoms with E-state index in [2.05, 4.69) is 65.6 Å². The quantitative estimate of drug-likeness (QED) is 0.722. The number of amides is 1. The molecule has 1 aliphatic heterocycles. The number of pyridine rings is 1. The van der Waals surface area contributed by atoms with Gasteiger partial charge in [-0.15, -0.1) is 0 Å². The smallest absolute Gasteiger partial charge is 0.269 e. The molecule has 3 rings (SSSR count). The first kappa shape index (κ1) is 20.2. The van der Waals surface area contributed by atoms with Crippen molar-refractivity contribution in [1.29, 1.82) is 0 Å². The van der Waals surface area contributed by atoms with E-state index in [1.165, 1.54) is 18.5 Å². The molecule has 0 unspecified atom stereocenters. The molecule has 1 amide bonds. The zero-order valence-corrected chi connectivity index (χ0v) is 17.2. The van der Waals surface area contributed by atoms with Crippen LogP contribution < -0.4 is 15.5 Å². The summed E-state index contributed by atoms with van der Waals surface area (Å²) in [5.41, 5.74) is 3.58. The Hall–Kier alpha value is -2.56. The first-order chi connectivity index (χ1) is 13.5. The van der Waals surface area contributed by atoms with Crippen LogP contribution in [0.5, 0.6) is 0 Å². The minimum Gasteiger partial charge on any atom is -0.372 e. The van der Waals surface area contributed by atoms with Crippen LogP contribution in [0.2, 0.25) is 0 Å². The number of rotatable bonds is 7. The summed E-state index contributed by atoms with van der Waals surface area (Å²) >= 11 is 0. The summed E-state index contributed by atoms with van der Waals surface area (Å²) in [5.74, 6) is 1.28. The SMILES string of the molecule is CC(C)CCNC(=O)c1cc(Nc2ccc(N3CCC(C)CC3)cc2)ccn1. The van der Waals surface area contributed by atoms with E-state index in [0.717, 1.165) is 36.8 Å². The molecule has 0 atom stereocenters. The topological polar surface area (TPSA) is 57.3 Å². The Morgan fingerprint density at radius 3 is 2.54 bits per heavy atom. The maximum atomic E-state index is 12.3. The molecule has 0 aliphatic carbocycles. The molecule has 5 nitrogen and oxygen atoms in total. The highest BCUT2D eigenvalue weighted by Gasteiger charge is 2.15. The summed E-state index contributed by atoms with van der Waals surface area (Å²) in [6.45, 7) is 9.56. The van der Waals surface area contributed by atoms with E-state index in [4.69, 9.17) is 0 Å². The van der Waals surface area contributed by atoms with Crippen molar-refractivity contribution in [2.75, 3.05) is 29.9 Å². The fraction of sp³-hybridized carbons (Fsp3) is 0.478. The normalized spacial score (nSPS) is 14.9. The summed E-state index contributed by atoms with van der Waals surface area (Å²) < 4.78 is 0. The molecule has 0 radical (unpaired) electrons. The predicted octanol–water partition coefficient (Wildman–Crippen LogP) is 4.84.